The number of nitrogens with two attached hydrogens (primary N) is 1. The molecule has 1 aromatic rings. The Bertz CT molecular complexity index is 539. The second kappa shape index (κ2) is 4.30. The van der Waals surface area contributed by atoms with Gasteiger partial charge in [-0.15, -0.1) is 0 Å². The Morgan fingerprint density at radius 3 is 3.05 bits per heavy atom. The van der Waals surface area contributed by atoms with Crippen molar-refractivity contribution in [3.05, 3.63) is 18.2 Å². The first-order valence-electron chi connectivity index (χ1n) is 7.04. The second-order valence-electron chi connectivity index (χ2n) is 6.41. The first-order chi connectivity index (χ1) is 9.39. The van der Waals surface area contributed by atoms with Gasteiger partial charge in [-0.05, 0) is 6.42 Å². The maximum absolute atomic E-state index is 12.6. The van der Waals surface area contributed by atoms with E-state index in [-0.39, 0.29) is 23.3 Å². The summed E-state index contributed by atoms with van der Waals surface area (Å²) in [7, 11) is 1.90. The number of carbonyl (C=O) groups excluding carboxylic acids is 1. The Hall–Kier alpha value is -1.40. The Balaban J connectivity index is 1.72. The number of imidazole rings is 1. The smallest absolute Gasteiger partial charge is 0.241 e. The van der Waals surface area contributed by atoms with Gasteiger partial charge in [0.15, 0.2) is 0 Å². The van der Waals surface area contributed by atoms with Crippen LogP contribution in [0, 0.1) is 11.3 Å². The van der Waals surface area contributed by atoms with Crippen LogP contribution in [0.5, 0.6) is 0 Å². The molecule has 1 aliphatic heterocycles. The molecule has 0 radical (unpaired) electrons. The molecule has 3 rings (SSSR count). The third-order valence-electron chi connectivity index (χ3n) is 5.16. The summed E-state index contributed by atoms with van der Waals surface area (Å²) in [6.45, 7) is 5.12. The predicted octanol–water partition coefficient (Wildman–Crippen LogP) is 0.179. The van der Waals surface area contributed by atoms with Gasteiger partial charge in [0.05, 0.1) is 12.6 Å². The molecule has 3 unspecified atom stereocenters. The fraction of sp³-hybridized carbons (Fsp3) is 0.714. The number of hydrogen-bond donors (Lipinski definition) is 2. The van der Waals surface area contributed by atoms with E-state index in [0.717, 1.165) is 12.2 Å². The van der Waals surface area contributed by atoms with Gasteiger partial charge in [-0.1, -0.05) is 13.8 Å². The van der Waals surface area contributed by atoms with Crippen LogP contribution >= 0.6 is 0 Å². The molecule has 20 heavy (non-hydrogen) atoms. The fourth-order valence-corrected chi connectivity index (χ4v) is 3.72. The molecule has 3 N–H and O–H groups in total. The van der Waals surface area contributed by atoms with Gasteiger partial charge in [-0.2, -0.15) is 0 Å². The van der Waals surface area contributed by atoms with Crippen molar-refractivity contribution in [3.8, 4) is 0 Å². The van der Waals surface area contributed by atoms with Crippen molar-refractivity contribution in [1.82, 2.24) is 14.9 Å². The lowest BCUT2D eigenvalue weighted by Crippen LogP contribution is -2.80. The molecule has 6 heteroatoms. The van der Waals surface area contributed by atoms with Crippen LogP contribution < -0.4 is 11.1 Å². The van der Waals surface area contributed by atoms with Crippen LogP contribution in [0.15, 0.2) is 12.4 Å². The van der Waals surface area contributed by atoms with Gasteiger partial charge < -0.3 is 20.4 Å². The van der Waals surface area contributed by atoms with Crippen LogP contribution in [-0.4, -0.2) is 33.7 Å². The SMILES string of the molecule is Cn1ccnc1CNC(=O)C1(N)C2CCOC2C1(C)C. The predicted molar refractivity (Wildman–Crippen MR) is 73.6 cm³/mol. The summed E-state index contributed by atoms with van der Waals surface area (Å²) in [4.78, 5) is 16.8. The molecule has 3 atom stereocenters. The fourth-order valence-electron chi connectivity index (χ4n) is 3.72. The summed E-state index contributed by atoms with van der Waals surface area (Å²) < 4.78 is 7.59. The Kier molecular flexibility index (Phi) is 2.92. The summed E-state index contributed by atoms with van der Waals surface area (Å²) in [6, 6.07) is 0. The first-order valence-corrected chi connectivity index (χ1v) is 7.04. The highest BCUT2D eigenvalue weighted by Gasteiger charge is 2.71. The zero-order valence-corrected chi connectivity index (χ0v) is 12.2. The highest BCUT2D eigenvalue weighted by Crippen LogP contribution is 2.58. The van der Waals surface area contributed by atoms with E-state index in [1.54, 1.807) is 6.20 Å². The van der Waals surface area contributed by atoms with E-state index >= 15 is 0 Å². The van der Waals surface area contributed by atoms with Crippen molar-refractivity contribution >= 4 is 5.91 Å². The van der Waals surface area contributed by atoms with E-state index in [2.05, 4.69) is 10.3 Å². The van der Waals surface area contributed by atoms with Gasteiger partial charge in [0, 0.05) is 37.4 Å². The highest BCUT2D eigenvalue weighted by atomic mass is 16.5. The Labute approximate surface area is 118 Å². The summed E-state index contributed by atoms with van der Waals surface area (Å²) in [6.07, 6.45) is 4.54. The molecule has 1 saturated carbocycles. The Morgan fingerprint density at radius 2 is 2.40 bits per heavy atom. The number of amides is 1. The minimum atomic E-state index is -0.848. The minimum absolute atomic E-state index is 0.0998. The van der Waals surface area contributed by atoms with Crippen LogP contribution in [0.1, 0.15) is 26.1 Å². The molecule has 1 saturated heterocycles. The van der Waals surface area contributed by atoms with Crippen molar-refractivity contribution < 1.29 is 9.53 Å². The molecule has 1 amide bonds. The van der Waals surface area contributed by atoms with Gasteiger partial charge in [0.25, 0.3) is 0 Å². The topological polar surface area (TPSA) is 82.2 Å². The van der Waals surface area contributed by atoms with E-state index < -0.39 is 5.54 Å². The third kappa shape index (κ3) is 1.58. The average molecular weight is 278 g/mol. The van der Waals surface area contributed by atoms with Crippen LogP contribution in [-0.2, 0) is 23.1 Å². The number of nitrogens with one attached hydrogen (secondary N) is 1. The molecule has 2 heterocycles. The lowest BCUT2D eigenvalue weighted by Gasteiger charge is -2.60. The van der Waals surface area contributed by atoms with E-state index in [1.165, 1.54) is 0 Å². The van der Waals surface area contributed by atoms with Crippen molar-refractivity contribution in [2.75, 3.05) is 6.61 Å². The molecular weight excluding hydrogens is 256 g/mol. The molecule has 0 aromatic carbocycles. The van der Waals surface area contributed by atoms with E-state index in [9.17, 15) is 4.79 Å². The van der Waals surface area contributed by atoms with E-state index in [4.69, 9.17) is 10.5 Å². The largest absolute Gasteiger partial charge is 0.377 e. The summed E-state index contributed by atoms with van der Waals surface area (Å²) in [5.41, 5.74) is 5.29. The summed E-state index contributed by atoms with van der Waals surface area (Å²) in [5.74, 6) is 0.842. The first kappa shape index (κ1) is 13.6. The zero-order chi connectivity index (χ0) is 14.5. The molecule has 2 fully saturated rings. The highest BCUT2D eigenvalue weighted by molar-refractivity contribution is 5.89. The van der Waals surface area contributed by atoms with Crippen molar-refractivity contribution in [1.29, 1.82) is 0 Å². The number of aryl methyl sites for hydroxylation is 1. The molecule has 1 aromatic heterocycles. The zero-order valence-electron chi connectivity index (χ0n) is 12.2. The normalized spacial score (nSPS) is 34.4. The standard InChI is InChI=1S/C14H22N4O2/c1-13(2)11-9(4-7-20-11)14(13,15)12(19)17-8-10-16-5-6-18(10)3/h5-6,9,11H,4,7-8,15H2,1-3H3,(H,17,19). The molecule has 6 nitrogen and oxygen atoms in total. The van der Waals surface area contributed by atoms with Crippen molar-refractivity contribution in [2.24, 2.45) is 24.1 Å². The number of rotatable bonds is 3. The van der Waals surface area contributed by atoms with Gasteiger partial charge >= 0.3 is 0 Å². The molecule has 0 bridgehead atoms. The van der Waals surface area contributed by atoms with Crippen LogP contribution in [0.4, 0.5) is 0 Å². The van der Waals surface area contributed by atoms with Crippen molar-refractivity contribution in [2.45, 2.75) is 38.5 Å². The van der Waals surface area contributed by atoms with Crippen LogP contribution in [0.3, 0.4) is 0 Å². The number of fused-ring (bicyclic) bond motifs is 1. The lowest BCUT2D eigenvalue weighted by atomic mass is 9.48. The van der Waals surface area contributed by atoms with Gasteiger partial charge in [-0.3, -0.25) is 4.79 Å². The number of nitrogens with zero attached hydrogens (tertiary/aromatic N) is 2. The molecular formula is C14H22N4O2. The third-order valence-corrected chi connectivity index (χ3v) is 5.16. The quantitative estimate of drug-likeness (QED) is 0.826. The number of ether oxygens (including phenoxy) is 1. The van der Waals surface area contributed by atoms with Gasteiger partial charge in [-0.25, -0.2) is 4.98 Å². The van der Waals surface area contributed by atoms with E-state index in [1.807, 2.05) is 31.7 Å². The summed E-state index contributed by atoms with van der Waals surface area (Å²) >= 11 is 0. The van der Waals surface area contributed by atoms with Gasteiger partial charge in [0.1, 0.15) is 11.4 Å². The monoisotopic (exact) mass is 278 g/mol. The number of aromatic nitrogens is 2. The average Bonchev–Trinajstić information content (AvgIpc) is 3.03. The lowest BCUT2D eigenvalue weighted by molar-refractivity contribution is -0.175. The number of hydrogen-bond acceptors (Lipinski definition) is 4. The van der Waals surface area contributed by atoms with Crippen LogP contribution in [0.2, 0.25) is 0 Å². The van der Waals surface area contributed by atoms with Crippen molar-refractivity contribution in [3.63, 3.8) is 0 Å². The second-order valence-corrected chi connectivity index (χ2v) is 6.41. The molecule has 2 aliphatic rings. The minimum Gasteiger partial charge on any atom is -0.377 e. The van der Waals surface area contributed by atoms with E-state index in [0.29, 0.717) is 13.2 Å². The van der Waals surface area contributed by atoms with Crippen LogP contribution in [0.25, 0.3) is 0 Å². The molecule has 110 valence electrons. The molecule has 1 aliphatic carbocycles. The van der Waals surface area contributed by atoms with Gasteiger partial charge in [0.2, 0.25) is 5.91 Å². The maximum Gasteiger partial charge on any atom is 0.241 e. The summed E-state index contributed by atoms with van der Waals surface area (Å²) in [5, 5.41) is 2.93. The maximum atomic E-state index is 12.6. The number of carbonyl (C=O) groups is 1. The molecule has 0 spiro atoms. The Morgan fingerprint density at radius 1 is 1.65 bits per heavy atom.